The second-order valence-electron chi connectivity index (χ2n) is 5.64. The van der Waals surface area contributed by atoms with Crippen LogP contribution < -0.4 is 10.6 Å². The Balaban J connectivity index is 2.24. The zero-order valence-corrected chi connectivity index (χ0v) is 12.1. The van der Waals surface area contributed by atoms with Gasteiger partial charge in [-0.1, -0.05) is 19.8 Å². The van der Waals surface area contributed by atoms with Gasteiger partial charge in [0.15, 0.2) is 0 Å². The Morgan fingerprint density at radius 2 is 2.10 bits per heavy atom. The largest absolute Gasteiger partial charge is 0.370 e. The maximum absolute atomic E-state index is 11.1. The molecule has 1 aliphatic rings. The molecule has 1 aromatic heterocycles. The Hall–Kier alpha value is -1.85. The van der Waals surface area contributed by atoms with Crippen molar-refractivity contribution >= 4 is 17.3 Å². The van der Waals surface area contributed by atoms with Crippen LogP contribution in [0.15, 0.2) is 12.1 Å². The van der Waals surface area contributed by atoms with Crippen LogP contribution >= 0.6 is 0 Å². The third-order valence-corrected chi connectivity index (χ3v) is 3.75. The van der Waals surface area contributed by atoms with Crippen molar-refractivity contribution in [2.24, 2.45) is 0 Å². The predicted molar refractivity (Wildman–Crippen MR) is 80.2 cm³/mol. The molecule has 0 bridgehead atoms. The smallest absolute Gasteiger partial charge is 0.311 e. The molecule has 0 aliphatic heterocycles. The van der Waals surface area contributed by atoms with E-state index in [2.05, 4.69) is 29.5 Å². The van der Waals surface area contributed by atoms with Crippen LogP contribution in [0.2, 0.25) is 0 Å². The molecule has 110 valence electrons. The van der Waals surface area contributed by atoms with Crippen LogP contribution in [0.4, 0.5) is 17.3 Å². The van der Waals surface area contributed by atoms with E-state index in [0.717, 1.165) is 38.6 Å². The minimum atomic E-state index is -0.378. The molecule has 6 nitrogen and oxygen atoms in total. The van der Waals surface area contributed by atoms with Crippen LogP contribution in [0, 0.1) is 10.1 Å². The summed E-state index contributed by atoms with van der Waals surface area (Å²) in [5.41, 5.74) is -0.0404. The molecule has 1 aromatic rings. The standard InChI is InChI=1S/C14H22N4O2/c1-3-10-15-12-7-6-11(18(19)20)13(16-12)17-14(2)8-4-5-9-14/h6-7H,3-5,8-10H2,1-2H3,(H2,15,16,17). The van der Waals surface area contributed by atoms with Gasteiger partial charge < -0.3 is 10.6 Å². The second kappa shape index (κ2) is 6.07. The normalized spacial score (nSPS) is 16.9. The van der Waals surface area contributed by atoms with Crippen molar-refractivity contribution in [3.8, 4) is 0 Å². The number of pyridine rings is 1. The van der Waals surface area contributed by atoms with E-state index in [1.165, 1.54) is 6.07 Å². The highest BCUT2D eigenvalue weighted by molar-refractivity contribution is 5.61. The van der Waals surface area contributed by atoms with Crippen molar-refractivity contribution in [3.63, 3.8) is 0 Å². The Labute approximate surface area is 119 Å². The topological polar surface area (TPSA) is 80.1 Å². The average Bonchev–Trinajstić information content (AvgIpc) is 2.82. The lowest BCUT2D eigenvalue weighted by atomic mass is 10.0. The second-order valence-corrected chi connectivity index (χ2v) is 5.64. The Bertz CT molecular complexity index is 484. The fourth-order valence-corrected chi connectivity index (χ4v) is 2.61. The Morgan fingerprint density at radius 1 is 1.40 bits per heavy atom. The highest BCUT2D eigenvalue weighted by Crippen LogP contribution is 2.35. The van der Waals surface area contributed by atoms with Gasteiger partial charge in [0.25, 0.3) is 0 Å². The van der Waals surface area contributed by atoms with Crippen molar-refractivity contribution in [2.45, 2.75) is 51.5 Å². The molecule has 1 aliphatic carbocycles. The predicted octanol–water partition coefficient (Wildman–Crippen LogP) is 3.56. The fourth-order valence-electron chi connectivity index (χ4n) is 2.61. The van der Waals surface area contributed by atoms with Gasteiger partial charge in [0.2, 0.25) is 5.82 Å². The van der Waals surface area contributed by atoms with Gasteiger partial charge in [0.1, 0.15) is 5.82 Å². The summed E-state index contributed by atoms with van der Waals surface area (Å²) in [6, 6.07) is 3.18. The molecule has 2 rings (SSSR count). The highest BCUT2D eigenvalue weighted by Gasteiger charge is 2.31. The monoisotopic (exact) mass is 278 g/mol. The average molecular weight is 278 g/mol. The van der Waals surface area contributed by atoms with Crippen LogP contribution in [-0.2, 0) is 0 Å². The number of nitro groups is 1. The molecule has 1 heterocycles. The summed E-state index contributed by atoms with van der Waals surface area (Å²) in [6.07, 6.45) is 5.35. The first-order chi connectivity index (χ1) is 9.54. The summed E-state index contributed by atoms with van der Waals surface area (Å²) >= 11 is 0. The third kappa shape index (κ3) is 3.37. The number of hydrogen-bond acceptors (Lipinski definition) is 5. The molecule has 2 N–H and O–H groups in total. The van der Waals surface area contributed by atoms with E-state index in [9.17, 15) is 10.1 Å². The lowest BCUT2D eigenvalue weighted by molar-refractivity contribution is -0.384. The highest BCUT2D eigenvalue weighted by atomic mass is 16.6. The van der Waals surface area contributed by atoms with Crippen molar-refractivity contribution in [2.75, 3.05) is 17.2 Å². The van der Waals surface area contributed by atoms with Crippen LogP contribution in [0.1, 0.15) is 46.0 Å². The van der Waals surface area contributed by atoms with E-state index >= 15 is 0 Å². The number of hydrogen-bond donors (Lipinski definition) is 2. The quantitative estimate of drug-likeness (QED) is 0.614. The van der Waals surface area contributed by atoms with Crippen molar-refractivity contribution in [1.82, 2.24) is 4.98 Å². The lowest BCUT2D eigenvalue weighted by Gasteiger charge is -2.25. The summed E-state index contributed by atoms with van der Waals surface area (Å²) in [5, 5.41) is 17.6. The zero-order chi connectivity index (χ0) is 14.6. The Morgan fingerprint density at radius 3 is 2.70 bits per heavy atom. The summed E-state index contributed by atoms with van der Waals surface area (Å²) in [5.74, 6) is 1.06. The van der Waals surface area contributed by atoms with Gasteiger partial charge in [-0.2, -0.15) is 0 Å². The minimum Gasteiger partial charge on any atom is -0.370 e. The van der Waals surface area contributed by atoms with E-state index in [1.807, 2.05) is 0 Å². The van der Waals surface area contributed by atoms with Crippen molar-refractivity contribution in [1.29, 1.82) is 0 Å². The molecule has 6 heteroatoms. The van der Waals surface area contributed by atoms with Gasteiger partial charge in [-0.25, -0.2) is 4.98 Å². The van der Waals surface area contributed by atoms with Crippen LogP contribution in [-0.4, -0.2) is 22.0 Å². The molecule has 1 fully saturated rings. The number of anilines is 2. The first-order valence-electron chi connectivity index (χ1n) is 7.21. The molecule has 20 heavy (non-hydrogen) atoms. The maximum Gasteiger partial charge on any atom is 0.311 e. The van der Waals surface area contributed by atoms with E-state index < -0.39 is 0 Å². The molecule has 0 radical (unpaired) electrons. The maximum atomic E-state index is 11.1. The Kier molecular flexibility index (Phi) is 4.42. The molecule has 1 saturated carbocycles. The fraction of sp³-hybridized carbons (Fsp3) is 0.643. The lowest BCUT2D eigenvalue weighted by Crippen LogP contribution is -2.31. The number of rotatable bonds is 6. The molecule has 0 unspecified atom stereocenters. The van der Waals surface area contributed by atoms with E-state index in [1.54, 1.807) is 6.07 Å². The molecule has 0 aromatic carbocycles. The van der Waals surface area contributed by atoms with Crippen LogP contribution in [0.3, 0.4) is 0 Å². The SMILES string of the molecule is CCCNc1ccc([N+](=O)[O-])c(NC2(C)CCCC2)n1. The summed E-state index contributed by atoms with van der Waals surface area (Å²) in [7, 11) is 0. The molecule has 0 amide bonds. The van der Waals surface area contributed by atoms with E-state index in [4.69, 9.17) is 0 Å². The molecule has 0 saturated heterocycles. The van der Waals surface area contributed by atoms with Gasteiger partial charge in [0, 0.05) is 18.2 Å². The van der Waals surface area contributed by atoms with Crippen molar-refractivity contribution < 1.29 is 4.92 Å². The van der Waals surface area contributed by atoms with Gasteiger partial charge in [-0.15, -0.1) is 0 Å². The molecule has 0 atom stereocenters. The van der Waals surface area contributed by atoms with Gasteiger partial charge in [-0.3, -0.25) is 10.1 Å². The third-order valence-electron chi connectivity index (χ3n) is 3.75. The van der Waals surface area contributed by atoms with Crippen LogP contribution in [0.5, 0.6) is 0 Å². The van der Waals surface area contributed by atoms with Gasteiger partial charge in [0.05, 0.1) is 4.92 Å². The van der Waals surface area contributed by atoms with E-state index in [-0.39, 0.29) is 16.1 Å². The summed E-state index contributed by atoms with van der Waals surface area (Å²) in [4.78, 5) is 15.1. The number of aromatic nitrogens is 1. The summed E-state index contributed by atoms with van der Waals surface area (Å²) in [6.45, 7) is 4.98. The molecular weight excluding hydrogens is 256 g/mol. The first-order valence-corrected chi connectivity index (χ1v) is 7.21. The molecular formula is C14H22N4O2. The molecule has 0 spiro atoms. The number of nitrogens with one attached hydrogen (secondary N) is 2. The number of nitrogens with zero attached hydrogens (tertiary/aromatic N) is 2. The van der Waals surface area contributed by atoms with E-state index in [0.29, 0.717) is 11.6 Å². The minimum absolute atomic E-state index is 0.0418. The summed E-state index contributed by atoms with van der Waals surface area (Å²) < 4.78 is 0. The van der Waals surface area contributed by atoms with Gasteiger partial charge in [-0.05, 0) is 32.3 Å². The van der Waals surface area contributed by atoms with Gasteiger partial charge >= 0.3 is 5.69 Å². The van der Waals surface area contributed by atoms with Crippen LogP contribution in [0.25, 0.3) is 0 Å². The zero-order valence-electron chi connectivity index (χ0n) is 12.1. The van der Waals surface area contributed by atoms with Crippen molar-refractivity contribution in [3.05, 3.63) is 22.2 Å². The first kappa shape index (κ1) is 14.6.